The molecule has 94 valence electrons. The van der Waals surface area contributed by atoms with Crippen molar-refractivity contribution >= 4 is 29.0 Å². The van der Waals surface area contributed by atoms with E-state index in [-0.39, 0.29) is 5.82 Å². The Morgan fingerprint density at radius 1 is 1.53 bits per heavy atom. The third kappa shape index (κ3) is 3.23. The molecule has 0 spiro atoms. The van der Waals surface area contributed by atoms with Crippen molar-refractivity contribution in [2.24, 2.45) is 5.92 Å². The summed E-state index contributed by atoms with van der Waals surface area (Å²) < 4.78 is 13.7. The second-order valence-electron chi connectivity index (χ2n) is 4.39. The average Bonchev–Trinajstić information content (AvgIpc) is 2.29. The van der Waals surface area contributed by atoms with Crippen molar-refractivity contribution in [1.29, 1.82) is 0 Å². The molecule has 1 unspecified atom stereocenters. The predicted octanol–water partition coefficient (Wildman–Crippen LogP) is 3.72. The molecule has 0 radical (unpaired) electrons. The molecule has 17 heavy (non-hydrogen) atoms. The molecule has 0 saturated carbocycles. The minimum Gasteiger partial charge on any atom is -0.354 e. The van der Waals surface area contributed by atoms with Crippen LogP contribution in [0.1, 0.15) is 19.3 Å². The molecule has 5 heteroatoms. The number of halogens is 3. The minimum absolute atomic E-state index is 0.334. The number of alkyl halides is 1. The molecule has 0 N–H and O–H groups in total. The fourth-order valence-electron chi connectivity index (χ4n) is 2.29. The lowest BCUT2D eigenvalue weighted by molar-refractivity contribution is 0.401. The number of hydrogen-bond donors (Lipinski definition) is 0. The maximum Gasteiger partial charge on any atom is 0.167 e. The zero-order chi connectivity index (χ0) is 12.3. The van der Waals surface area contributed by atoms with Crippen molar-refractivity contribution in [3.63, 3.8) is 0 Å². The van der Waals surface area contributed by atoms with E-state index in [4.69, 9.17) is 23.2 Å². The Bertz CT molecular complexity index is 385. The first-order chi connectivity index (χ1) is 8.20. The van der Waals surface area contributed by atoms with Gasteiger partial charge in [0.2, 0.25) is 0 Å². The van der Waals surface area contributed by atoms with Gasteiger partial charge in [-0.3, -0.25) is 0 Å². The molecule has 1 aliphatic rings. The molecule has 2 rings (SSSR count). The minimum atomic E-state index is -0.343. The van der Waals surface area contributed by atoms with Crippen LogP contribution in [-0.4, -0.2) is 24.0 Å². The van der Waals surface area contributed by atoms with Crippen LogP contribution in [0.4, 0.5) is 10.2 Å². The fourth-order valence-corrected chi connectivity index (χ4v) is 2.74. The molecule has 1 aliphatic heterocycles. The van der Waals surface area contributed by atoms with Crippen molar-refractivity contribution in [3.05, 3.63) is 23.1 Å². The lowest BCUT2D eigenvalue weighted by Gasteiger charge is -2.33. The molecular weight excluding hydrogens is 262 g/mol. The summed E-state index contributed by atoms with van der Waals surface area (Å²) in [6, 6.07) is 1.31. The number of anilines is 1. The van der Waals surface area contributed by atoms with Crippen LogP contribution in [0.15, 0.2) is 12.3 Å². The van der Waals surface area contributed by atoms with Gasteiger partial charge in [-0.05, 0) is 31.2 Å². The Kier molecular flexibility index (Phi) is 4.46. The van der Waals surface area contributed by atoms with Crippen LogP contribution in [-0.2, 0) is 0 Å². The summed E-state index contributed by atoms with van der Waals surface area (Å²) >= 11 is 11.5. The number of rotatable bonds is 3. The van der Waals surface area contributed by atoms with Crippen LogP contribution in [0.5, 0.6) is 0 Å². The van der Waals surface area contributed by atoms with Gasteiger partial charge in [-0.1, -0.05) is 11.6 Å². The first-order valence-corrected chi connectivity index (χ1v) is 6.74. The van der Waals surface area contributed by atoms with Crippen molar-refractivity contribution in [1.82, 2.24) is 4.98 Å². The van der Waals surface area contributed by atoms with Gasteiger partial charge in [-0.2, -0.15) is 0 Å². The highest BCUT2D eigenvalue weighted by Gasteiger charge is 2.22. The van der Waals surface area contributed by atoms with Gasteiger partial charge < -0.3 is 4.90 Å². The van der Waals surface area contributed by atoms with Gasteiger partial charge in [0.25, 0.3) is 0 Å². The van der Waals surface area contributed by atoms with Crippen LogP contribution >= 0.6 is 23.2 Å². The highest BCUT2D eigenvalue weighted by Crippen LogP contribution is 2.26. The molecule has 1 aromatic heterocycles. The highest BCUT2D eigenvalue weighted by atomic mass is 35.5. The van der Waals surface area contributed by atoms with Gasteiger partial charge >= 0.3 is 0 Å². The largest absolute Gasteiger partial charge is 0.354 e. The number of hydrogen-bond acceptors (Lipinski definition) is 2. The van der Waals surface area contributed by atoms with Crippen LogP contribution in [0.25, 0.3) is 0 Å². The first-order valence-electron chi connectivity index (χ1n) is 5.82. The fraction of sp³-hybridized carbons (Fsp3) is 0.583. The maximum absolute atomic E-state index is 13.7. The predicted molar refractivity (Wildman–Crippen MR) is 69.5 cm³/mol. The summed E-state index contributed by atoms with van der Waals surface area (Å²) in [5.74, 6) is 1.27. The van der Waals surface area contributed by atoms with E-state index in [1.165, 1.54) is 18.7 Å². The number of nitrogens with zero attached hydrogens (tertiary/aromatic N) is 2. The van der Waals surface area contributed by atoms with E-state index in [1.807, 2.05) is 4.90 Å². The summed E-state index contributed by atoms with van der Waals surface area (Å²) in [5.41, 5.74) is 0. The molecule has 1 aromatic rings. The Morgan fingerprint density at radius 2 is 2.35 bits per heavy atom. The summed E-state index contributed by atoms with van der Waals surface area (Å²) in [6.45, 7) is 1.68. The maximum atomic E-state index is 13.7. The second-order valence-corrected chi connectivity index (χ2v) is 5.21. The Hall–Kier alpha value is -0.540. The second kappa shape index (κ2) is 5.87. The van der Waals surface area contributed by atoms with E-state index in [0.29, 0.717) is 22.6 Å². The lowest BCUT2D eigenvalue weighted by Crippen LogP contribution is -2.36. The molecule has 0 amide bonds. The summed E-state index contributed by atoms with van der Waals surface area (Å²) in [4.78, 5) is 6.07. The SMILES string of the molecule is Fc1cc(Cl)cnc1N1CCCC(CCCl)C1. The molecule has 2 heterocycles. The third-order valence-corrected chi connectivity index (χ3v) is 3.55. The topological polar surface area (TPSA) is 16.1 Å². The van der Waals surface area contributed by atoms with E-state index in [0.717, 1.165) is 25.9 Å². The molecule has 1 atom stereocenters. The van der Waals surface area contributed by atoms with Gasteiger partial charge in [-0.15, -0.1) is 11.6 Å². The molecule has 1 fully saturated rings. The first kappa shape index (κ1) is 12.9. The summed E-state index contributed by atoms with van der Waals surface area (Å²) in [7, 11) is 0. The summed E-state index contributed by atoms with van der Waals surface area (Å²) in [6.07, 6.45) is 4.70. The quantitative estimate of drug-likeness (QED) is 0.783. The zero-order valence-corrected chi connectivity index (χ0v) is 11.0. The van der Waals surface area contributed by atoms with E-state index >= 15 is 0 Å². The average molecular weight is 277 g/mol. The van der Waals surface area contributed by atoms with Crippen LogP contribution in [0.3, 0.4) is 0 Å². The van der Waals surface area contributed by atoms with Crippen molar-refractivity contribution < 1.29 is 4.39 Å². The van der Waals surface area contributed by atoms with E-state index in [1.54, 1.807) is 0 Å². The van der Waals surface area contributed by atoms with Crippen LogP contribution in [0.2, 0.25) is 5.02 Å². The lowest BCUT2D eigenvalue weighted by atomic mass is 9.95. The normalized spacial score (nSPS) is 20.6. The molecule has 1 saturated heterocycles. The Labute approximate surface area is 111 Å². The Morgan fingerprint density at radius 3 is 3.06 bits per heavy atom. The highest BCUT2D eigenvalue weighted by molar-refractivity contribution is 6.30. The number of aromatic nitrogens is 1. The van der Waals surface area contributed by atoms with E-state index in [9.17, 15) is 4.39 Å². The standard InChI is InChI=1S/C12H15Cl2FN2/c13-4-3-9-2-1-5-17(8-9)12-11(15)6-10(14)7-16-12/h6-7,9H,1-5,8H2. The van der Waals surface area contributed by atoms with Crippen molar-refractivity contribution in [2.45, 2.75) is 19.3 Å². The van der Waals surface area contributed by atoms with Crippen molar-refractivity contribution in [2.75, 3.05) is 23.9 Å². The van der Waals surface area contributed by atoms with Gasteiger partial charge in [0.1, 0.15) is 0 Å². The van der Waals surface area contributed by atoms with Gasteiger partial charge in [-0.25, -0.2) is 9.37 Å². The van der Waals surface area contributed by atoms with Crippen LogP contribution in [0, 0.1) is 11.7 Å². The summed E-state index contributed by atoms with van der Waals surface area (Å²) in [5, 5.41) is 0.334. The van der Waals surface area contributed by atoms with Crippen molar-refractivity contribution in [3.8, 4) is 0 Å². The number of pyridine rings is 1. The van der Waals surface area contributed by atoms with Gasteiger partial charge in [0.05, 0.1) is 5.02 Å². The molecular formula is C12H15Cl2FN2. The smallest absolute Gasteiger partial charge is 0.167 e. The molecule has 2 nitrogen and oxygen atoms in total. The van der Waals surface area contributed by atoms with Crippen LogP contribution < -0.4 is 4.90 Å². The van der Waals surface area contributed by atoms with Gasteiger partial charge in [0, 0.05) is 25.2 Å². The monoisotopic (exact) mass is 276 g/mol. The zero-order valence-electron chi connectivity index (χ0n) is 9.50. The molecule has 0 bridgehead atoms. The van der Waals surface area contributed by atoms with E-state index < -0.39 is 0 Å². The molecule has 0 aromatic carbocycles. The van der Waals surface area contributed by atoms with Gasteiger partial charge in [0.15, 0.2) is 11.6 Å². The third-order valence-electron chi connectivity index (χ3n) is 3.12. The Balaban J connectivity index is 2.10. The van der Waals surface area contributed by atoms with E-state index in [2.05, 4.69) is 4.98 Å². The molecule has 0 aliphatic carbocycles. The number of piperidine rings is 1.